The summed E-state index contributed by atoms with van der Waals surface area (Å²) in [6.45, 7) is 9.75. The van der Waals surface area contributed by atoms with Crippen molar-refractivity contribution in [3.05, 3.63) is 0 Å². The normalized spacial score (nSPS) is 29.2. The summed E-state index contributed by atoms with van der Waals surface area (Å²) in [6, 6.07) is 3.65. The van der Waals surface area contributed by atoms with Crippen LogP contribution in [0.15, 0.2) is 0 Å². The molecule has 2 rings (SSSR count). The molecule has 2 unspecified atom stereocenters. The van der Waals surface area contributed by atoms with Crippen molar-refractivity contribution in [2.75, 3.05) is 19.6 Å². The number of nitriles is 1. The molecule has 1 aliphatic heterocycles. The smallest absolute Gasteiger partial charge is 0.0866 e. The molecule has 3 nitrogen and oxygen atoms in total. The zero-order valence-corrected chi connectivity index (χ0v) is 14.2. The van der Waals surface area contributed by atoms with Crippen LogP contribution in [0.1, 0.15) is 65.7 Å². The van der Waals surface area contributed by atoms with Gasteiger partial charge >= 0.3 is 0 Å². The standard InChI is InChI=1S/C18H33N3/c1-18(2,3)12-15-11-17(14-21(13-15)10-9-19)20-16-7-5-4-6-8-16/h15-17,20H,4-8,10-14H2,1-3H3. The SMILES string of the molecule is CC(C)(C)CC1CC(NC2CCCCC2)CN(CC#N)C1. The molecule has 1 saturated heterocycles. The number of hydrogen-bond acceptors (Lipinski definition) is 3. The lowest BCUT2D eigenvalue weighted by Gasteiger charge is -2.41. The number of likely N-dealkylation sites (tertiary alicyclic amines) is 1. The molecule has 21 heavy (non-hydrogen) atoms. The van der Waals surface area contributed by atoms with Crippen LogP contribution < -0.4 is 5.32 Å². The van der Waals surface area contributed by atoms with Gasteiger partial charge in [0.05, 0.1) is 12.6 Å². The Hall–Kier alpha value is -0.590. The Labute approximate surface area is 131 Å². The first kappa shape index (κ1) is 16.8. The summed E-state index contributed by atoms with van der Waals surface area (Å²) in [5.41, 5.74) is 0.385. The summed E-state index contributed by atoms with van der Waals surface area (Å²) in [7, 11) is 0. The molecular formula is C18H33N3. The fraction of sp³-hybridized carbons (Fsp3) is 0.944. The van der Waals surface area contributed by atoms with E-state index in [-0.39, 0.29) is 0 Å². The van der Waals surface area contributed by atoms with Gasteiger partial charge < -0.3 is 5.32 Å². The maximum absolute atomic E-state index is 9.03. The molecule has 1 N–H and O–H groups in total. The van der Waals surface area contributed by atoms with Crippen LogP contribution in [0, 0.1) is 22.7 Å². The summed E-state index contributed by atoms with van der Waals surface area (Å²) < 4.78 is 0. The van der Waals surface area contributed by atoms with Gasteiger partial charge in [-0.15, -0.1) is 0 Å². The molecule has 120 valence electrons. The Bertz CT molecular complexity index is 346. The third-order valence-electron chi connectivity index (χ3n) is 4.88. The average Bonchev–Trinajstić information content (AvgIpc) is 2.38. The lowest BCUT2D eigenvalue weighted by atomic mass is 9.79. The van der Waals surface area contributed by atoms with Crippen molar-refractivity contribution in [3.63, 3.8) is 0 Å². The molecule has 2 aliphatic rings. The Kier molecular flexibility index (Phi) is 6.08. The van der Waals surface area contributed by atoms with Crippen molar-refractivity contribution in [1.29, 1.82) is 5.26 Å². The molecule has 0 spiro atoms. The third kappa shape index (κ3) is 5.96. The molecule has 3 heteroatoms. The highest BCUT2D eigenvalue weighted by molar-refractivity contribution is 4.90. The van der Waals surface area contributed by atoms with Gasteiger partial charge in [0.15, 0.2) is 0 Å². The summed E-state index contributed by atoms with van der Waals surface area (Å²) >= 11 is 0. The van der Waals surface area contributed by atoms with Crippen molar-refractivity contribution in [2.45, 2.75) is 77.8 Å². The van der Waals surface area contributed by atoms with Crippen LogP contribution in [0.25, 0.3) is 0 Å². The Morgan fingerprint density at radius 3 is 2.43 bits per heavy atom. The van der Waals surface area contributed by atoms with E-state index >= 15 is 0 Å². The lowest BCUT2D eigenvalue weighted by Crippen LogP contribution is -2.52. The van der Waals surface area contributed by atoms with Gasteiger partial charge in [0.1, 0.15) is 0 Å². The van der Waals surface area contributed by atoms with Gasteiger partial charge in [-0.2, -0.15) is 5.26 Å². The zero-order chi connectivity index (χ0) is 15.3. The predicted octanol–water partition coefficient (Wildman–Crippen LogP) is 3.56. The van der Waals surface area contributed by atoms with E-state index in [4.69, 9.17) is 5.26 Å². The monoisotopic (exact) mass is 291 g/mol. The van der Waals surface area contributed by atoms with Crippen molar-refractivity contribution in [2.24, 2.45) is 11.3 Å². The van der Waals surface area contributed by atoms with E-state index in [2.05, 4.69) is 37.1 Å². The minimum Gasteiger partial charge on any atom is -0.310 e. The molecule has 0 amide bonds. The van der Waals surface area contributed by atoms with Crippen molar-refractivity contribution in [3.8, 4) is 6.07 Å². The van der Waals surface area contributed by atoms with Gasteiger partial charge in [-0.25, -0.2) is 0 Å². The Balaban J connectivity index is 1.90. The van der Waals surface area contributed by atoms with Gasteiger partial charge in [0.25, 0.3) is 0 Å². The third-order valence-corrected chi connectivity index (χ3v) is 4.88. The summed E-state index contributed by atoms with van der Waals surface area (Å²) in [4.78, 5) is 2.36. The van der Waals surface area contributed by atoms with Gasteiger partial charge in [-0.3, -0.25) is 4.90 Å². The first-order valence-corrected chi connectivity index (χ1v) is 8.81. The van der Waals surface area contributed by atoms with Crippen LogP contribution in [-0.2, 0) is 0 Å². The number of nitrogens with one attached hydrogen (secondary N) is 1. The molecule has 2 atom stereocenters. The molecule has 0 aromatic heterocycles. The van der Waals surface area contributed by atoms with E-state index in [1.807, 2.05) is 0 Å². The summed E-state index contributed by atoms with van der Waals surface area (Å²) in [6.07, 6.45) is 9.43. The molecule has 0 radical (unpaired) electrons. The Morgan fingerprint density at radius 1 is 1.10 bits per heavy atom. The minimum atomic E-state index is 0.385. The van der Waals surface area contributed by atoms with Crippen LogP contribution in [-0.4, -0.2) is 36.6 Å². The number of rotatable bonds is 4. The topological polar surface area (TPSA) is 39.1 Å². The summed E-state index contributed by atoms with van der Waals surface area (Å²) in [5, 5.41) is 12.9. The molecule has 0 aromatic carbocycles. The van der Waals surface area contributed by atoms with E-state index in [1.165, 1.54) is 44.9 Å². The van der Waals surface area contributed by atoms with E-state index in [9.17, 15) is 0 Å². The largest absolute Gasteiger partial charge is 0.310 e. The van der Waals surface area contributed by atoms with Gasteiger partial charge in [0, 0.05) is 25.2 Å². The van der Waals surface area contributed by atoms with E-state index in [1.54, 1.807) is 0 Å². The second kappa shape index (κ2) is 7.61. The van der Waals surface area contributed by atoms with E-state index < -0.39 is 0 Å². The highest BCUT2D eigenvalue weighted by Crippen LogP contribution is 2.31. The van der Waals surface area contributed by atoms with Crippen LogP contribution in [0.2, 0.25) is 0 Å². The van der Waals surface area contributed by atoms with E-state index in [0.717, 1.165) is 25.0 Å². The maximum Gasteiger partial charge on any atom is 0.0866 e. The summed E-state index contributed by atoms with van der Waals surface area (Å²) in [5.74, 6) is 0.730. The van der Waals surface area contributed by atoms with Gasteiger partial charge in [-0.05, 0) is 37.0 Å². The van der Waals surface area contributed by atoms with Gasteiger partial charge in [-0.1, -0.05) is 40.0 Å². The van der Waals surface area contributed by atoms with Crippen LogP contribution >= 0.6 is 0 Å². The van der Waals surface area contributed by atoms with E-state index in [0.29, 0.717) is 18.0 Å². The zero-order valence-electron chi connectivity index (χ0n) is 14.2. The number of hydrogen-bond donors (Lipinski definition) is 1. The van der Waals surface area contributed by atoms with Crippen LogP contribution in [0.5, 0.6) is 0 Å². The van der Waals surface area contributed by atoms with Crippen LogP contribution in [0.4, 0.5) is 0 Å². The predicted molar refractivity (Wildman–Crippen MR) is 88.0 cm³/mol. The molecule has 0 aromatic rings. The number of nitrogens with zero attached hydrogens (tertiary/aromatic N) is 2. The second-order valence-electron chi connectivity index (χ2n) is 8.42. The molecule has 1 aliphatic carbocycles. The molecule has 0 bridgehead atoms. The second-order valence-corrected chi connectivity index (χ2v) is 8.42. The van der Waals surface area contributed by atoms with Crippen molar-refractivity contribution in [1.82, 2.24) is 10.2 Å². The molecule has 1 saturated carbocycles. The molecule has 2 fully saturated rings. The highest BCUT2D eigenvalue weighted by atomic mass is 15.2. The van der Waals surface area contributed by atoms with Gasteiger partial charge in [0.2, 0.25) is 0 Å². The number of piperidine rings is 1. The first-order chi connectivity index (χ1) is 9.96. The molecular weight excluding hydrogens is 258 g/mol. The first-order valence-electron chi connectivity index (χ1n) is 8.81. The fourth-order valence-electron chi connectivity index (χ4n) is 4.27. The Morgan fingerprint density at radius 2 is 1.81 bits per heavy atom. The van der Waals surface area contributed by atoms with Crippen molar-refractivity contribution < 1.29 is 0 Å². The maximum atomic E-state index is 9.03. The quantitative estimate of drug-likeness (QED) is 0.805. The minimum absolute atomic E-state index is 0.385. The average molecular weight is 291 g/mol. The lowest BCUT2D eigenvalue weighted by molar-refractivity contribution is 0.116. The fourth-order valence-corrected chi connectivity index (χ4v) is 4.27. The molecule has 1 heterocycles. The van der Waals surface area contributed by atoms with Crippen molar-refractivity contribution >= 4 is 0 Å². The highest BCUT2D eigenvalue weighted by Gasteiger charge is 2.31. The van der Waals surface area contributed by atoms with Crippen LogP contribution in [0.3, 0.4) is 0 Å².